The highest BCUT2D eigenvalue weighted by atomic mass is 35.5. The molecular formula is C17H19ClN2O2S2. The Morgan fingerprint density at radius 3 is 2.75 bits per heavy atom. The number of hydrogen-bond acceptors (Lipinski definition) is 4. The van der Waals surface area contributed by atoms with Crippen LogP contribution in [0.25, 0.3) is 0 Å². The molecule has 3 rings (SSSR count). The van der Waals surface area contributed by atoms with Gasteiger partial charge in [0.2, 0.25) is 0 Å². The predicted octanol–water partition coefficient (Wildman–Crippen LogP) is 4.24. The first kappa shape index (κ1) is 17.6. The third kappa shape index (κ3) is 3.42. The van der Waals surface area contributed by atoms with Gasteiger partial charge in [0.05, 0.1) is 11.4 Å². The highest BCUT2D eigenvalue weighted by molar-refractivity contribution is 8.14. The van der Waals surface area contributed by atoms with E-state index >= 15 is 0 Å². The van der Waals surface area contributed by atoms with Gasteiger partial charge in [0.1, 0.15) is 4.58 Å². The van der Waals surface area contributed by atoms with Crippen LogP contribution in [0.4, 0.5) is 11.4 Å². The molecule has 0 bridgehead atoms. The standard InChI is InChI=1S/C17H19ClN2O2S2/c1-19-11-5-10-17-23-16-9-3-2-8-15(16)20(24(17,21)22)14-7-4-6-13(18)12-14/h2-4,6-9,12,17,19H,5,10-11H2,1H3. The Hall–Kier alpha value is -1.21. The molecule has 2 aromatic rings. The SMILES string of the molecule is CNCCCC1Sc2ccccc2N(c2cccc(Cl)c2)S1(=O)=O. The summed E-state index contributed by atoms with van der Waals surface area (Å²) in [5, 5.41) is 3.59. The molecule has 1 atom stereocenters. The van der Waals surface area contributed by atoms with Gasteiger partial charge in [0.25, 0.3) is 10.0 Å². The summed E-state index contributed by atoms with van der Waals surface area (Å²) in [7, 11) is -1.65. The molecule has 4 nitrogen and oxygen atoms in total. The molecule has 0 aromatic heterocycles. The van der Waals surface area contributed by atoms with Crippen molar-refractivity contribution >= 4 is 44.8 Å². The molecule has 1 heterocycles. The van der Waals surface area contributed by atoms with Gasteiger partial charge < -0.3 is 5.32 Å². The van der Waals surface area contributed by atoms with E-state index in [1.165, 1.54) is 16.1 Å². The maximum Gasteiger partial charge on any atom is 0.252 e. The number of hydrogen-bond donors (Lipinski definition) is 1. The van der Waals surface area contributed by atoms with Crippen molar-refractivity contribution in [3.8, 4) is 0 Å². The molecular weight excluding hydrogens is 364 g/mol. The van der Waals surface area contributed by atoms with Crippen LogP contribution < -0.4 is 9.62 Å². The monoisotopic (exact) mass is 382 g/mol. The zero-order valence-corrected chi connectivity index (χ0v) is 15.7. The molecule has 1 unspecified atom stereocenters. The third-order valence-corrected chi connectivity index (χ3v) is 8.01. The third-order valence-electron chi connectivity index (χ3n) is 3.84. The van der Waals surface area contributed by atoms with Crippen molar-refractivity contribution in [2.45, 2.75) is 22.3 Å². The number of anilines is 2. The lowest BCUT2D eigenvalue weighted by Crippen LogP contribution is -2.37. The fraction of sp³-hybridized carbons (Fsp3) is 0.294. The van der Waals surface area contributed by atoms with Crippen molar-refractivity contribution in [1.82, 2.24) is 5.32 Å². The van der Waals surface area contributed by atoms with E-state index in [-0.39, 0.29) is 0 Å². The maximum absolute atomic E-state index is 13.2. The van der Waals surface area contributed by atoms with Crippen LogP contribution in [0.3, 0.4) is 0 Å². The Kier molecular flexibility index (Phi) is 5.39. The fourth-order valence-corrected chi connectivity index (χ4v) is 6.57. The summed E-state index contributed by atoms with van der Waals surface area (Å²) < 4.78 is 27.4. The van der Waals surface area contributed by atoms with E-state index in [1.807, 2.05) is 31.3 Å². The summed E-state index contributed by atoms with van der Waals surface area (Å²) >= 11 is 7.51. The molecule has 1 N–H and O–H groups in total. The highest BCUT2D eigenvalue weighted by Crippen LogP contribution is 2.47. The van der Waals surface area contributed by atoms with Crippen LogP contribution in [0.1, 0.15) is 12.8 Å². The Balaban J connectivity index is 2.07. The molecule has 0 saturated heterocycles. The second-order valence-corrected chi connectivity index (χ2v) is 9.49. The molecule has 1 aliphatic rings. The Morgan fingerprint density at radius 1 is 1.21 bits per heavy atom. The van der Waals surface area contributed by atoms with E-state index in [9.17, 15) is 8.42 Å². The fourth-order valence-electron chi connectivity index (χ4n) is 2.72. The van der Waals surface area contributed by atoms with Gasteiger partial charge in [-0.3, -0.25) is 0 Å². The van der Waals surface area contributed by atoms with Gasteiger partial charge in [-0.1, -0.05) is 29.8 Å². The van der Waals surface area contributed by atoms with E-state index < -0.39 is 14.6 Å². The molecule has 2 aromatic carbocycles. The minimum atomic E-state index is -3.52. The van der Waals surface area contributed by atoms with Gasteiger partial charge in [0, 0.05) is 9.92 Å². The van der Waals surface area contributed by atoms with Gasteiger partial charge in [-0.2, -0.15) is 0 Å². The molecule has 24 heavy (non-hydrogen) atoms. The van der Waals surface area contributed by atoms with E-state index in [1.54, 1.807) is 24.3 Å². The van der Waals surface area contributed by atoms with Crippen LogP contribution in [0, 0.1) is 0 Å². The van der Waals surface area contributed by atoms with Crippen LogP contribution in [0.15, 0.2) is 53.4 Å². The normalized spacial score (nSPS) is 19.1. The number of fused-ring (bicyclic) bond motifs is 1. The molecule has 0 amide bonds. The molecule has 1 aliphatic heterocycles. The topological polar surface area (TPSA) is 49.4 Å². The lowest BCUT2D eigenvalue weighted by Gasteiger charge is -2.35. The summed E-state index contributed by atoms with van der Waals surface area (Å²) in [6.07, 6.45) is 1.40. The second kappa shape index (κ2) is 7.35. The van der Waals surface area contributed by atoms with Crippen molar-refractivity contribution < 1.29 is 8.42 Å². The van der Waals surface area contributed by atoms with Crippen molar-refractivity contribution in [3.63, 3.8) is 0 Å². The van der Waals surface area contributed by atoms with E-state index in [4.69, 9.17) is 11.6 Å². The lowest BCUT2D eigenvalue weighted by atomic mass is 10.2. The van der Waals surface area contributed by atoms with Crippen LogP contribution in [0.5, 0.6) is 0 Å². The minimum Gasteiger partial charge on any atom is -0.320 e. The predicted molar refractivity (Wildman–Crippen MR) is 102 cm³/mol. The Bertz CT molecular complexity index is 827. The zero-order valence-electron chi connectivity index (χ0n) is 13.3. The molecule has 0 aliphatic carbocycles. The smallest absolute Gasteiger partial charge is 0.252 e. The number of nitrogens with zero attached hydrogens (tertiary/aromatic N) is 1. The average molecular weight is 383 g/mol. The van der Waals surface area contributed by atoms with Crippen molar-refractivity contribution in [3.05, 3.63) is 53.6 Å². The van der Waals surface area contributed by atoms with Crippen LogP contribution in [-0.2, 0) is 10.0 Å². The van der Waals surface area contributed by atoms with E-state index in [2.05, 4.69) is 5.32 Å². The molecule has 0 spiro atoms. The number of nitrogens with one attached hydrogen (secondary N) is 1. The number of sulfonamides is 1. The quantitative estimate of drug-likeness (QED) is 0.786. The summed E-state index contributed by atoms with van der Waals surface area (Å²) in [6.45, 7) is 0.797. The first-order valence-electron chi connectivity index (χ1n) is 7.74. The van der Waals surface area contributed by atoms with E-state index in [0.717, 1.165) is 17.9 Å². The van der Waals surface area contributed by atoms with Gasteiger partial charge in [0.15, 0.2) is 0 Å². The van der Waals surface area contributed by atoms with Crippen molar-refractivity contribution in [1.29, 1.82) is 0 Å². The lowest BCUT2D eigenvalue weighted by molar-refractivity contribution is 0.584. The Morgan fingerprint density at radius 2 is 2.00 bits per heavy atom. The van der Waals surface area contributed by atoms with Gasteiger partial charge in [-0.05, 0) is 56.8 Å². The van der Waals surface area contributed by atoms with Crippen LogP contribution >= 0.6 is 23.4 Å². The molecule has 128 valence electrons. The summed E-state index contributed by atoms with van der Waals surface area (Å²) in [4.78, 5) is 0.974. The molecule has 0 radical (unpaired) electrons. The number of halogens is 1. The number of rotatable bonds is 5. The van der Waals surface area contributed by atoms with Crippen molar-refractivity contribution in [2.24, 2.45) is 0 Å². The molecule has 7 heteroatoms. The summed E-state index contributed by atoms with van der Waals surface area (Å²) in [6, 6.07) is 14.6. The second-order valence-electron chi connectivity index (χ2n) is 5.55. The molecule has 0 saturated carbocycles. The average Bonchev–Trinajstić information content (AvgIpc) is 2.55. The van der Waals surface area contributed by atoms with Crippen LogP contribution in [0.2, 0.25) is 5.02 Å². The van der Waals surface area contributed by atoms with Crippen molar-refractivity contribution in [2.75, 3.05) is 17.9 Å². The van der Waals surface area contributed by atoms with Crippen LogP contribution in [-0.4, -0.2) is 26.6 Å². The summed E-state index contributed by atoms with van der Waals surface area (Å²) in [5.41, 5.74) is 1.27. The van der Waals surface area contributed by atoms with Gasteiger partial charge in [-0.15, -0.1) is 11.8 Å². The number of para-hydroxylation sites is 1. The van der Waals surface area contributed by atoms with E-state index in [0.29, 0.717) is 22.8 Å². The number of thioether (sulfide) groups is 1. The van der Waals surface area contributed by atoms with Gasteiger partial charge >= 0.3 is 0 Å². The Labute approximate surface area is 152 Å². The largest absolute Gasteiger partial charge is 0.320 e. The number of benzene rings is 2. The maximum atomic E-state index is 13.2. The van der Waals surface area contributed by atoms with Gasteiger partial charge in [-0.25, -0.2) is 12.7 Å². The highest BCUT2D eigenvalue weighted by Gasteiger charge is 2.39. The zero-order chi connectivity index (χ0) is 17.2. The minimum absolute atomic E-state index is 0.500. The first-order valence-corrected chi connectivity index (χ1v) is 10.5. The first-order chi connectivity index (χ1) is 11.5. The summed E-state index contributed by atoms with van der Waals surface area (Å²) in [5.74, 6) is 0. The molecule has 0 fully saturated rings.